The Kier molecular flexibility index (Phi) is 10.8. The summed E-state index contributed by atoms with van der Waals surface area (Å²) in [5, 5.41) is 4.29. The number of hydrogen-bond acceptors (Lipinski definition) is 6. The van der Waals surface area contributed by atoms with Crippen LogP contribution in [0.2, 0.25) is 5.02 Å². The van der Waals surface area contributed by atoms with Crippen LogP contribution in [0.25, 0.3) is 0 Å². The molecule has 41 heavy (non-hydrogen) atoms. The Morgan fingerprint density at radius 1 is 0.756 bits per heavy atom. The predicted octanol–water partition coefficient (Wildman–Crippen LogP) is 6.75. The van der Waals surface area contributed by atoms with E-state index in [2.05, 4.69) is 10.2 Å². The van der Waals surface area contributed by atoms with Crippen LogP contribution in [0.4, 0.5) is 11.4 Å². The number of carbonyl (C=O) groups excluding carboxylic acids is 1. The van der Waals surface area contributed by atoms with Crippen LogP contribution in [-0.4, -0.2) is 53.6 Å². The lowest BCUT2D eigenvalue weighted by Gasteiger charge is -2.41. The van der Waals surface area contributed by atoms with E-state index in [1.54, 1.807) is 14.2 Å². The van der Waals surface area contributed by atoms with Crippen LogP contribution in [0.5, 0.6) is 0 Å². The van der Waals surface area contributed by atoms with Crippen molar-refractivity contribution in [3.05, 3.63) is 131 Å². The summed E-state index contributed by atoms with van der Waals surface area (Å²) in [5.41, 5.74) is 3.12. The van der Waals surface area contributed by atoms with Crippen molar-refractivity contribution in [2.24, 2.45) is 0 Å². The van der Waals surface area contributed by atoms with Crippen LogP contribution >= 0.6 is 11.6 Å². The Hall–Kier alpha value is -3.84. The minimum Gasteiger partial charge on any atom is -0.468 e. The number of para-hydroxylation sites is 1. The van der Waals surface area contributed by atoms with Crippen LogP contribution < -0.4 is 10.2 Å². The van der Waals surface area contributed by atoms with Crippen molar-refractivity contribution in [2.75, 3.05) is 57.8 Å². The zero-order chi connectivity index (χ0) is 29.1. The van der Waals surface area contributed by atoms with Crippen molar-refractivity contribution in [1.82, 2.24) is 0 Å². The number of hydrogen-bond donors (Lipinski definition) is 1. The number of halogens is 1. The summed E-state index contributed by atoms with van der Waals surface area (Å²) >= 11 is 6.30. The van der Waals surface area contributed by atoms with Gasteiger partial charge in [0.15, 0.2) is 0 Å². The number of nitrogens with zero attached hydrogens (tertiary/aromatic N) is 1. The van der Waals surface area contributed by atoms with E-state index in [1.807, 2.05) is 109 Å². The van der Waals surface area contributed by atoms with Crippen LogP contribution in [0.15, 0.2) is 109 Å². The van der Waals surface area contributed by atoms with Gasteiger partial charge in [-0.05, 0) is 53.1 Å². The van der Waals surface area contributed by atoms with Crippen molar-refractivity contribution in [2.45, 2.75) is 11.5 Å². The Bertz CT molecular complexity index is 1340. The molecule has 0 aliphatic rings. The highest BCUT2D eigenvalue weighted by Crippen LogP contribution is 2.46. The summed E-state index contributed by atoms with van der Waals surface area (Å²) in [7, 11) is 4.82. The molecule has 0 aromatic heterocycles. The second kappa shape index (κ2) is 14.7. The number of nitrogens with one attached hydrogen (secondary N) is 1. The molecule has 4 rings (SSSR count). The molecule has 1 N–H and O–H groups in total. The fourth-order valence-corrected chi connectivity index (χ4v) is 5.35. The Morgan fingerprint density at radius 3 is 1.83 bits per heavy atom. The molecule has 2 atom stereocenters. The second-order valence-electron chi connectivity index (χ2n) is 9.68. The van der Waals surface area contributed by atoms with Gasteiger partial charge in [-0.2, -0.15) is 0 Å². The first-order valence-corrected chi connectivity index (χ1v) is 14.0. The van der Waals surface area contributed by atoms with Crippen LogP contribution in [-0.2, 0) is 24.4 Å². The SMILES string of the molecule is COCCN(CCOC)c1ccc([C@](C(=O)OC)(c2ccccc2)[C@@H](Nc2ccccc2)c2ccc(Cl)cc2)cc1. The fraction of sp³-hybridized carbons (Fsp3) is 0.265. The van der Waals surface area contributed by atoms with Gasteiger partial charge in [0, 0.05) is 43.7 Å². The first kappa shape index (κ1) is 30.1. The maximum atomic E-state index is 14.3. The average Bonchev–Trinajstić information content (AvgIpc) is 3.02. The molecule has 0 bridgehead atoms. The number of carbonyl (C=O) groups is 1. The second-order valence-corrected chi connectivity index (χ2v) is 10.1. The monoisotopic (exact) mass is 572 g/mol. The molecule has 0 heterocycles. The largest absolute Gasteiger partial charge is 0.468 e. The third-order valence-corrected chi connectivity index (χ3v) is 7.53. The molecule has 0 amide bonds. The molecule has 0 radical (unpaired) electrons. The lowest BCUT2D eigenvalue weighted by molar-refractivity contribution is -0.146. The van der Waals surface area contributed by atoms with Gasteiger partial charge in [0.25, 0.3) is 0 Å². The Morgan fingerprint density at radius 2 is 1.29 bits per heavy atom. The molecule has 0 spiro atoms. The number of anilines is 2. The van der Waals surface area contributed by atoms with E-state index in [0.717, 1.165) is 28.1 Å². The fourth-order valence-electron chi connectivity index (χ4n) is 5.22. The number of esters is 1. The van der Waals surface area contributed by atoms with E-state index < -0.39 is 11.5 Å². The standard InChI is InChI=1S/C34H37ClN2O4/c1-39-24-22-37(23-25-40-2)31-20-16-28(17-21-31)34(33(38)41-3,27-10-6-4-7-11-27)32(26-14-18-29(35)19-15-26)36-30-12-8-5-9-13-30/h4-21,32,36H,22-25H2,1-3H3/t32-,34+/m0/s1. The van der Waals surface area contributed by atoms with Crippen molar-refractivity contribution in [1.29, 1.82) is 0 Å². The van der Waals surface area contributed by atoms with E-state index in [0.29, 0.717) is 31.3 Å². The van der Waals surface area contributed by atoms with Gasteiger partial charge < -0.3 is 24.4 Å². The summed E-state index contributed by atoms with van der Waals surface area (Å²) in [6.07, 6.45) is 0. The van der Waals surface area contributed by atoms with Gasteiger partial charge in [-0.15, -0.1) is 0 Å². The highest BCUT2D eigenvalue weighted by atomic mass is 35.5. The summed E-state index contributed by atoms with van der Waals surface area (Å²) in [6.45, 7) is 2.59. The summed E-state index contributed by atoms with van der Waals surface area (Å²) in [6, 6.07) is 34.8. The number of ether oxygens (including phenoxy) is 3. The van der Waals surface area contributed by atoms with E-state index >= 15 is 0 Å². The molecular formula is C34H37ClN2O4. The summed E-state index contributed by atoms with van der Waals surface area (Å²) in [4.78, 5) is 16.5. The van der Waals surface area contributed by atoms with Crippen molar-refractivity contribution in [3.8, 4) is 0 Å². The number of benzene rings is 4. The normalized spacial score (nSPS) is 13.2. The van der Waals surface area contributed by atoms with E-state index in [9.17, 15) is 4.79 Å². The van der Waals surface area contributed by atoms with Crippen LogP contribution in [0.1, 0.15) is 22.7 Å². The third-order valence-electron chi connectivity index (χ3n) is 7.28. The van der Waals surface area contributed by atoms with Crippen LogP contribution in [0, 0.1) is 0 Å². The van der Waals surface area contributed by atoms with Crippen molar-refractivity contribution in [3.63, 3.8) is 0 Å². The van der Waals surface area contributed by atoms with E-state index in [1.165, 1.54) is 7.11 Å². The van der Waals surface area contributed by atoms with E-state index in [-0.39, 0.29) is 5.97 Å². The molecule has 0 unspecified atom stereocenters. The maximum Gasteiger partial charge on any atom is 0.323 e. The van der Waals surface area contributed by atoms with Crippen molar-refractivity contribution >= 4 is 28.9 Å². The summed E-state index contributed by atoms with van der Waals surface area (Å²) < 4.78 is 16.3. The minimum absolute atomic E-state index is 0.379. The highest BCUT2D eigenvalue weighted by Gasteiger charge is 2.51. The average molecular weight is 573 g/mol. The molecule has 0 saturated carbocycles. The molecule has 0 aliphatic carbocycles. The molecular weight excluding hydrogens is 536 g/mol. The zero-order valence-electron chi connectivity index (χ0n) is 23.8. The molecule has 0 aliphatic heterocycles. The summed E-state index contributed by atoms with van der Waals surface area (Å²) in [5.74, 6) is -0.379. The number of rotatable bonds is 14. The predicted molar refractivity (Wildman–Crippen MR) is 166 cm³/mol. The van der Waals surface area contributed by atoms with Gasteiger partial charge in [-0.25, -0.2) is 0 Å². The molecule has 0 saturated heterocycles. The first-order valence-electron chi connectivity index (χ1n) is 13.6. The minimum atomic E-state index is -1.25. The first-order chi connectivity index (χ1) is 20.0. The Balaban J connectivity index is 1.93. The molecule has 4 aromatic rings. The topological polar surface area (TPSA) is 60.0 Å². The number of methoxy groups -OCH3 is 3. The third kappa shape index (κ3) is 6.91. The molecule has 6 nitrogen and oxygen atoms in total. The lowest BCUT2D eigenvalue weighted by Crippen LogP contribution is -2.47. The van der Waals surface area contributed by atoms with Crippen molar-refractivity contribution < 1.29 is 19.0 Å². The van der Waals surface area contributed by atoms with Gasteiger partial charge in [-0.1, -0.05) is 84.4 Å². The van der Waals surface area contributed by atoms with E-state index in [4.69, 9.17) is 25.8 Å². The Labute approximate surface area is 247 Å². The molecule has 214 valence electrons. The lowest BCUT2D eigenvalue weighted by atomic mass is 9.66. The maximum absolute atomic E-state index is 14.3. The van der Waals surface area contributed by atoms with Gasteiger partial charge >= 0.3 is 5.97 Å². The van der Waals surface area contributed by atoms with Gasteiger partial charge in [0.2, 0.25) is 0 Å². The smallest absolute Gasteiger partial charge is 0.323 e. The quantitative estimate of drug-likeness (QED) is 0.169. The highest BCUT2D eigenvalue weighted by molar-refractivity contribution is 6.30. The zero-order valence-corrected chi connectivity index (χ0v) is 24.5. The van der Waals surface area contributed by atoms with Gasteiger partial charge in [-0.3, -0.25) is 4.79 Å². The molecule has 4 aromatic carbocycles. The van der Waals surface area contributed by atoms with Gasteiger partial charge in [0.1, 0.15) is 5.41 Å². The molecule has 0 fully saturated rings. The van der Waals surface area contributed by atoms with Gasteiger partial charge in [0.05, 0.1) is 26.4 Å². The van der Waals surface area contributed by atoms with Crippen LogP contribution in [0.3, 0.4) is 0 Å². The molecule has 7 heteroatoms.